The van der Waals surface area contributed by atoms with Gasteiger partial charge in [-0.3, -0.25) is 0 Å². The zero-order valence-corrected chi connectivity index (χ0v) is 9.89. The molecule has 14 heavy (non-hydrogen) atoms. The van der Waals surface area contributed by atoms with Crippen molar-refractivity contribution in [2.75, 3.05) is 5.73 Å². The minimum absolute atomic E-state index is 0.167. The van der Waals surface area contributed by atoms with Crippen molar-refractivity contribution in [3.05, 3.63) is 29.8 Å². The van der Waals surface area contributed by atoms with Gasteiger partial charge in [0.05, 0.1) is 0 Å². The van der Waals surface area contributed by atoms with Gasteiger partial charge < -0.3 is 5.73 Å². The molecule has 0 aliphatic rings. The molecular weight excluding hydrogens is 170 g/mol. The van der Waals surface area contributed by atoms with Gasteiger partial charge in [0.2, 0.25) is 0 Å². The Bertz CT molecular complexity index is 301. The highest BCUT2D eigenvalue weighted by atomic mass is 14.5. The van der Waals surface area contributed by atoms with Crippen molar-refractivity contribution in [1.29, 1.82) is 0 Å². The number of hydrogen-bond acceptors (Lipinski definition) is 1. The van der Waals surface area contributed by atoms with Crippen molar-refractivity contribution in [3.63, 3.8) is 0 Å². The first-order valence-electron chi connectivity index (χ1n) is 5.11. The summed E-state index contributed by atoms with van der Waals surface area (Å²) in [5.41, 5.74) is 8.28. The third kappa shape index (κ3) is 1.92. The zero-order chi connectivity index (χ0) is 11.0. The fourth-order valence-corrected chi connectivity index (χ4v) is 1.33. The number of nitrogen functional groups attached to an aromatic ring is 1. The molecule has 1 aromatic rings. The smallest absolute Gasteiger partial charge is 0.0314 e. The third-order valence-corrected chi connectivity index (χ3v) is 3.51. The van der Waals surface area contributed by atoms with Gasteiger partial charge in [-0.25, -0.2) is 0 Å². The number of hydrogen-bond donors (Lipinski definition) is 1. The normalized spacial score (nSPS) is 12.9. The summed E-state index contributed by atoms with van der Waals surface area (Å²) in [5.74, 6) is 0. The fraction of sp³-hybridized carbons (Fsp3) is 0.538. The Balaban J connectivity index is 3.10. The minimum Gasteiger partial charge on any atom is -0.399 e. The Hall–Kier alpha value is -0.980. The average molecular weight is 191 g/mol. The Morgan fingerprint density at radius 3 is 1.64 bits per heavy atom. The van der Waals surface area contributed by atoms with E-state index in [1.165, 1.54) is 5.56 Å². The van der Waals surface area contributed by atoms with Crippen molar-refractivity contribution in [1.82, 2.24) is 0 Å². The van der Waals surface area contributed by atoms with E-state index >= 15 is 0 Å². The molecule has 0 spiro atoms. The molecule has 1 rings (SSSR count). The lowest BCUT2D eigenvalue weighted by molar-refractivity contribution is 0.225. The number of nitrogens with two attached hydrogens (primary N) is 1. The lowest BCUT2D eigenvalue weighted by Crippen LogP contribution is -2.33. The summed E-state index contributed by atoms with van der Waals surface area (Å²) in [6.07, 6.45) is 0. The average Bonchev–Trinajstić information content (AvgIpc) is 2.03. The van der Waals surface area contributed by atoms with Gasteiger partial charge in [-0.2, -0.15) is 0 Å². The summed E-state index contributed by atoms with van der Waals surface area (Å²) in [4.78, 5) is 0. The minimum atomic E-state index is 0.167. The second-order valence-electron chi connectivity index (χ2n) is 5.50. The van der Waals surface area contributed by atoms with Crippen LogP contribution in [0.4, 0.5) is 5.69 Å². The van der Waals surface area contributed by atoms with Crippen LogP contribution < -0.4 is 5.73 Å². The topological polar surface area (TPSA) is 26.0 Å². The largest absolute Gasteiger partial charge is 0.399 e. The Morgan fingerprint density at radius 1 is 0.857 bits per heavy atom. The molecule has 0 aliphatic carbocycles. The highest BCUT2D eigenvalue weighted by Crippen LogP contribution is 2.40. The van der Waals surface area contributed by atoms with Gasteiger partial charge in [0.25, 0.3) is 0 Å². The number of benzene rings is 1. The molecule has 1 nitrogen and oxygen atoms in total. The van der Waals surface area contributed by atoms with E-state index < -0.39 is 0 Å². The monoisotopic (exact) mass is 191 g/mol. The predicted octanol–water partition coefficient (Wildman–Crippen LogP) is 3.59. The van der Waals surface area contributed by atoms with Crippen LogP contribution in [0.2, 0.25) is 0 Å². The molecule has 0 aromatic heterocycles. The van der Waals surface area contributed by atoms with E-state index in [0.717, 1.165) is 5.69 Å². The molecule has 0 fully saturated rings. The maximum atomic E-state index is 5.68. The van der Waals surface area contributed by atoms with Gasteiger partial charge in [-0.05, 0) is 28.5 Å². The van der Waals surface area contributed by atoms with Crippen LogP contribution in [0.15, 0.2) is 24.3 Å². The van der Waals surface area contributed by atoms with Crippen LogP contribution in [0, 0.1) is 5.41 Å². The molecule has 0 radical (unpaired) electrons. The lowest BCUT2D eigenvalue weighted by Gasteiger charge is -2.39. The third-order valence-electron chi connectivity index (χ3n) is 3.51. The van der Waals surface area contributed by atoms with E-state index in [9.17, 15) is 0 Å². The van der Waals surface area contributed by atoms with Crippen LogP contribution in [-0.2, 0) is 5.41 Å². The van der Waals surface area contributed by atoms with Gasteiger partial charge in [0.15, 0.2) is 0 Å². The van der Waals surface area contributed by atoms with Crippen molar-refractivity contribution in [2.24, 2.45) is 5.41 Å². The van der Waals surface area contributed by atoms with Crippen LogP contribution in [0.3, 0.4) is 0 Å². The molecule has 78 valence electrons. The van der Waals surface area contributed by atoms with Crippen LogP contribution >= 0.6 is 0 Å². The van der Waals surface area contributed by atoms with Crippen LogP contribution in [0.25, 0.3) is 0 Å². The molecule has 1 aromatic carbocycles. The molecule has 0 bridgehead atoms. The van der Waals surface area contributed by atoms with Gasteiger partial charge in [-0.1, -0.05) is 46.8 Å². The summed E-state index contributed by atoms with van der Waals surface area (Å²) in [7, 11) is 0. The molecule has 0 amide bonds. The first-order valence-corrected chi connectivity index (χ1v) is 5.11. The van der Waals surface area contributed by atoms with Crippen molar-refractivity contribution >= 4 is 5.69 Å². The molecule has 2 N–H and O–H groups in total. The van der Waals surface area contributed by atoms with Gasteiger partial charge in [0, 0.05) is 5.69 Å². The van der Waals surface area contributed by atoms with Crippen molar-refractivity contribution in [2.45, 2.75) is 40.0 Å². The molecule has 0 heterocycles. The Labute approximate surface area is 87.3 Å². The molecule has 0 atom stereocenters. The second-order valence-corrected chi connectivity index (χ2v) is 5.50. The van der Waals surface area contributed by atoms with Crippen LogP contribution in [-0.4, -0.2) is 0 Å². The summed E-state index contributed by atoms with van der Waals surface area (Å²) in [6, 6.07) is 8.20. The van der Waals surface area contributed by atoms with E-state index in [1.54, 1.807) is 0 Å². The molecular formula is C13H21N. The second kappa shape index (κ2) is 3.30. The van der Waals surface area contributed by atoms with E-state index in [2.05, 4.69) is 46.8 Å². The van der Waals surface area contributed by atoms with E-state index in [-0.39, 0.29) is 10.8 Å². The first kappa shape index (κ1) is 11.1. The van der Waals surface area contributed by atoms with Gasteiger partial charge >= 0.3 is 0 Å². The standard InChI is InChI=1S/C13H21N/c1-12(2,3)13(4,5)10-6-8-11(14)9-7-10/h6-9H,14H2,1-5H3. The molecule has 0 aliphatic heterocycles. The molecule has 0 unspecified atom stereocenters. The van der Waals surface area contributed by atoms with Crippen LogP contribution in [0.1, 0.15) is 40.2 Å². The van der Waals surface area contributed by atoms with Crippen molar-refractivity contribution in [3.8, 4) is 0 Å². The number of anilines is 1. The van der Waals surface area contributed by atoms with E-state index in [4.69, 9.17) is 5.73 Å². The quantitative estimate of drug-likeness (QED) is 0.674. The van der Waals surface area contributed by atoms with Gasteiger partial charge in [-0.15, -0.1) is 0 Å². The first-order chi connectivity index (χ1) is 6.25. The Morgan fingerprint density at radius 2 is 1.29 bits per heavy atom. The Kier molecular flexibility index (Phi) is 2.62. The zero-order valence-electron chi connectivity index (χ0n) is 9.89. The maximum absolute atomic E-state index is 5.68. The molecule has 0 saturated carbocycles. The van der Waals surface area contributed by atoms with Crippen molar-refractivity contribution < 1.29 is 0 Å². The maximum Gasteiger partial charge on any atom is 0.0314 e. The summed E-state index contributed by atoms with van der Waals surface area (Å²) in [6.45, 7) is 11.4. The summed E-state index contributed by atoms with van der Waals surface area (Å²) in [5, 5.41) is 0. The lowest BCUT2D eigenvalue weighted by atomic mass is 9.65. The fourth-order valence-electron chi connectivity index (χ4n) is 1.33. The predicted molar refractivity (Wildman–Crippen MR) is 63.3 cm³/mol. The summed E-state index contributed by atoms with van der Waals surface area (Å²) < 4.78 is 0. The molecule has 1 heteroatoms. The van der Waals surface area contributed by atoms with E-state index in [1.807, 2.05) is 12.1 Å². The summed E-state index contributed by atoms with van der Waals surface area (Å²) >= 11 is 0. The highest BCUT2D eigenvalue weighted by molar-refractivity contribution is 5.41. The van der Waals surface area contributed by atoms with Crippen LogP contribution in [0.5, 0.6) is 0 Å². The highest BCUT2D eigenvalue weighted by Gasteiger charge is 2.33. The molecule has 0 saturated heterocycles. The van der Waals surface area contributed by atoms with Gasteiger partial charge in [0.1, 0.15) is 0 Å². The number of rotatable bonds is 1. The SMILES string of the molecule is CC(C)(C)C(C)(C)c1ccc(N)cc1. The van der Waals surface area contributed by atoms with E-state index in [0.29, 0.717) is 0 Å².